The molecule has 2 unspecified atom stereocenters. The highest BCUT2D eigenvalue weighted by molar-refractivity contribution is 5.88. The number of ether oxygens (including phenoxy) is 2. The molecule has 0 saturated carbocycles. The van der Waals surface area contributed by atoms with Crippen LogP contribution in [0.25, 0.3) is 11.1 Å². The maximum Gasteiger partial charge on any atom is 0.407 e. The van der Waals surface area contributed by atoms with Gasteiger partial charge in [0.1, 0.15) is 12.6 Å². The molecule has 1 aliphatic heterocycles. The van der Waals surface area contributed by atoms with Crippen molar-refractivity contribution in [1.29, 1.82) is 0 Å². The van der Waals surface area contributed by atoms with Crippen LogP contribution in [-0.2, 0) is 19.1 Å². The first-order valence-corrected chi connectivity index (χ1v) is 11.2. The maximum absolute atomic E-state index is 12.9. The molecule has 180 valence electrons. The van der Waals surface area contributed by atoms with Crippen LogP contribution < -0.4 is 10.6 Å². The van der Waals surface area contributed by atoms with Crippen molar-refractivity contribution in [2.45, 2.75) is 31.3 Å². The number of benzene rings is 2. The number of carbonyl (C=O) groups excluding carboxylic acids is 2. The van der Waals surface area contributed by atoms with E-state index in [4.69, 9.17) is 14.6 Å². The fourth-order valence-corrected chi connectivity index (χ4v) is 4.59. The van der Waals surface area contributed by atoms with Crippen LogP contribution in [0.4, 0.5) is 4.79 Å². The quantitative estimate of drug-likeness (QED) is 0.465. The van der Waals surface area contributed by atoms with Gasteiger partial charge in [-0.05, 0) is 29.2 Å². The van der Waals surface area contributed by atoms with E-state index in [9.17, 15) is 19.5 Å². The van der Waals surface area contributed by atoms with Crippen molar-refractivity contribution >= 4 is 18.0 Å². The largest absolute Gasteiger partial charge is 0.480 e. The molecule has 3 atom stereocenters. The first kappa shape index (κ1) is 23.7. The predicted molar refractivity (Wildman–Crippen MR) is 122 cm³/mol. The van der Waals surface area contributed by atoms with Crippen molar-refractivity contribution in [2.75, 3.05) is 26.4 Å². The summed E-state index contributed by atoms with van der Waals surface area (Å²) in [5.41, 5.74) is 3.24. The highest BCUT2D eigenvalue weighted by atomic mass is 16.5. The van der Waals surface area contributed by atoms with Crippen molar-refractivity contribution in [1.82, 2.24) is 10.6 Å². The van der Waals surface area contributed by atoms with Crippen LogP contribution in [0.15, 0.2) is 48.5 Å². The first-order chi connectivity index (χ1) is 16.3. The summed E-state index contributed by atoms with van der Waals surface area (Å²) in [5.74, 6) is -1.91. The van der Waals surface area contributed by atoms with Gasteiger partial charge in [-0.3, -0.25) is 4.79 Å². The molecule has 2 aliphatic rings. The number of carboxylic acid groups (broad SMARTS) is 1. The van der Waals surface area contributed by atoms with Gasteiger partial charge in [0.2, 0.25) is 5.91 Å². The number of hydrogen-bond donors (Lipinski definition) is 4. The molecule has 2 amide bonds. The van der Waals surface area contributed by atoms with Gasteiger partial charge in [-0.25, -0.2) is 9.59 Å². The number of fused-ring (bicyclic) bond motifs is 3. The molecular formula is C25H28N2O7. The highest BCUT2D eigenvalue weighted by Crippen LogP contribution is 2.44. The third-order valence-electron chi connectivity index (χ3n) is 6.63. The molecule has 9 heteroatoms. The van der Waals surface area contributed by atoms with E-state index in [-0.39, 0.29) is 38.8 Å². The number of aliphatic hydroxyl groups excluding tert-OH is 1. The van der Waals surface area contributed by atoms with Gasteiger partial charge < -0.3 is 30.3 Å². The minimum Gasteiger partial charge on any atom is -0.480 e. The van der Waals surface area contributed by atoms with E-state index in [1.54, 1.807) is 6.92 Å². The van der Waals surface area contributed by atoms with Crippen molar-refractivity contribution in [3.8, 4) is 11.1 Å². The van der Waals surface area contributed by atoms with Gasteiger partial charge in [0, 0.05) is 18.9 Å². The number of aliphatic hydroxyl groups is 1. The molecule has 1 fully saturated rings. The van der Waals surface area contributed by atoms with Crippen molar-refractivity contribution in [2.24, 2.45) is 5.41 Å². The molecule has 0 aromatic heterocycles. The summed E-state index contributed by atoms with van der Waals surface area (Å²) >= 11 is 0. The number of carboxylic acids is 1. The Hall–Kier alpha value is -3.43. The Morgan fingerprint density at radius 2 is 1.74 bits per heavy atom. The molecule has 4 rings (SSSR count). The van der Waals surface area contributed by atoms with Crippen LogP contribution in [0.1, 0.15) is 30.4 Å². The minimum absolute atomic E-state index is 0.0125. The monoisotopic (exact) mass is 468 g/mol. The summed E-state index contributed by atoms with van der Waals surface area (Å²) in [7, 11) is 0. The predicted octanol–water partition coefficient (Wildman–Crippen LogP) is 1.88. The number of alkyl carbamates (subject to hydrolysis) is 1. The molecule has 2 aromatic carbocycles. The van der Waals surface area contributed by atoms with Gasteiger partial charge in [0.25, 0.3) is 0 Å². The van der Waals surface area contributed by atoms with E-state index in [0.29, 0.717) is 0 Å². The summed E-state index contributed by atoms with van der Waals surface area (Å²) < 4.78 is 11.0. The van der Waals surface area contributed by atoms with Gasteiger partial charge in [-0.2, -0.15) is 0 Å². The number of amides is 2. The van der Waals surface area contributed by atoms with E-state index >= 15 is 0 Å². The molecule has 1 aliphatic carbocycles. The molecule has 1 saturated heterocycles. The van der Waals surface area contributed by atoms with Crippen LogP contribution >= 0.6 is 0 Å². The molecule has 0 bridgehead atoms. The second kappa shape index (κ2) is 9.82. The second-order valence-corrected chi connectivity index (χ2v) is 8.83. The smallest absolute Gasteiger partial charge is 0.407 e. The van der Waals surface area contributed by atoms with E-state index < -0.39 is 35.5 Å². The van der Waals surface area contributed by atoms with Crippen LogP contribution in [0.5, 0.6) is 0 Å². The molecule has 9 nitrogen and oxygen atoms in total. The van der Waals surface area contributed by atoms with Crippen LogP contribution in [0.3, 0.4) is 0 Å². The summed E-state index contributed by atoms with van der Waals surface area (Å²) in [4.78, 5) is 36.9. The van der Waals surface area contributed by atoms with Gasteiger partial charge in [0.15, 0.2) is 0 Å². The first-order valence-electron chi connectivity index (χ1n) is 11.2. The summed E-state index contributed by atoms with van der Waals surface area (Å²) in [6, 6.07) is 14.1. The van der Waals surface area contributed by atoms with Gasteiger partial charge in [0.05, 0.1) is 24.7 Å². The lowest BCUT2D eigenvalue weighted by Crippen LogP contribution is -2.56. The van der Waals surface area contributed by atoms with Crippen molar-refractivity contribution in [3.05, 3.63) is 59.7 Å². The fraction of sp³-hybridized carbons (Fsp3) is 0.400. The SMILES string of the molecule is CC1(C(=O)N[C@H](CCO)C(=O)O)COCC1NC(=O)OCC1c2ccccc2-c2ccccc21. The van der Waals surface area contributed by atoms with Gasteiger partial charge in [-0.1, -0.05) is 48.5 Å². The lowest BCUT2D eigenvalue weighted by Gasteiger charge is -2.30. The second-order valence-electron chi connectivity index (χ2n) is 8.83. The summed E-state index contributed by atoms with van der Waals surface area (Å²) in [5, 5.41) is 23.5. The van der Waals surface area contributed by atoms with E-state index in [0.717, 1.165) is 22.3 Å². The Morgan fingerprint density at radius 1 is 1.12 bits per heavy atom. The third-order valence-corrected chi connectivity index (χ3v) is 6.63. The molecule has 34 heavy (non-hydrogen) atoms. The maximum atomic E-state index is 12.9. The Labute approximate surface area is 197 Å². The molecule has 4 N–H and O–H groups in total. The van der Waals surface area contributed by atoms with Gasteiger partial charge >= 0.3 is 12.1 Å². The van der Waals surface area contributed by atoms with Crippen LogP contribution in [-0.4, -0.2) is 66.7 Å². The Kier molecular flexibility index (Phi) is 6.85. The average Bonchev–Trinajstić information content (AvgIpc) is 3.36. The van der Waals surface area contributed by atoms with E-state index in [1.165, 1.54) is 0 Å². The lowest BCUT2D eigenvalue weighted by molar-refractivity contribution is -0.144. The van der Waals surface area contributed by atoms with Crippen molar-refractivity contribution < 1.29 is 34.1 Å². The minimum atomic E-state index is -1.24. The van der Waals surface area contributed by atoms with Crippen LogP contribution in [0.2, 0.25) is 0 Å². The Balaban J connectivity index is 1.40. The highest BCUT2D eigenvalue weighted by Gasteiger charge is 2.48. The van der Waals surface area contributed by atoms with E-state index in [1.807, 2.05) is 36.4 Å². The molecular weight excluding hydrogens is 440 g/mol. The Bertz CT molecular complexity index is 1040. The molecule has 0 radical (unpaired) electrons. The number of nitrogens with one attached hydrogen (secondary N) is 2. The Morgan fingerprint density at radius 3 is 2.32 bits per heavy atom. The summed E-state index contributed by atoms with van der Waals surface area (Å²) in [6.45, 7) is 1.45. The number of hydrogen-bond acceptors (Lipinski definition) is 6. The van der Waals surface area contributed by atoms with E-state index in [2.05, 4.69) is 22.8 Å². The van der Waals surface area contributed by atoms with Crippen molar-refractivity contribution in [3.63, 3.8) is 0 Å². The lowest BCUT2D eigenvalue weighted by atomic mass is 9.84. The topological polar surface area (TPSA) is 134 Å². The molecule has 2 aromatic rings. The standard InChI is InChI=1S/C25H28N2O7/c1-25(23(31)26-20(10-11-28)22(29)30)14-33-13-21(25)27-24(32)34-12-19-17-8-4-2-6-15(17)16-7-3-5-9-18(16)19/h2-9,19-21,28H,10-14H2,1H3,(H,26,31)(H,27,32)(H,29,30)/t20-,21?,25?/m1/s1. The third kappa shape index (κ3) is 4.49. The van der Waals surface area contributed by atoms with Crippen LogP contribution in [0, 0.1) is 5.41 Å². The fourth-order valence-electron chi connectivity index (χ4n) is 4.59. The summed E-state index contributed by atoms with van der Waals surface area (Å²) in [6.07, 6.45) is -0.802. The molecule has 1 heterocycles. The zero-order valence-corrected chi connectivity index (χ0v) is 18.8. The number of carbonyl (C=O) groups is 3. The van der Waals surface area contributed by atoms with Gasteiger partial charge in [-0.15, -0.1) is 0 Å². The average molecular weight is 469 g/mol. The normalized spacial score (nSPS) is 21.9. The molecule has 0 spiro atoms. The zero-order valence-electron chi connectivity index (χ0n) is 18.8. The number of aliphatic carboxylic acids is 1. The zero-order chi connectivity index (χ0) is 24.3. The number of rotatable bonds is 8.